The fraction of sp³-hybridized carbons (Fsp3) is 0.346. The van der Waals surface area contributed by atoms with Gasteiger partial charge in [0.1, 0.15) is 5.82 Å². The summed E-state index contributed by atoms with van der Waals surface area (Å²) in [6, 6.07) is 10.1. The maximum Gasteiger partial charge on any atom is 0.340 e. The zero-order chi connectivity index (χ0) is 23.8. The van der Waals surface area contributed by atoms with Crippen molar-refractivity contribution in [3.63, 3.8) is 0 Å². The molecule has 0 radical (unpaired) electrons. The molecular weight excluding hydrogens is 437 g/mol. The summed E-state index contributed by atoms with van der Waals surface area (Å²) in [6.07, 6.45) is 3.79. The van der Waals surface area contributed by atoms with Gasteiger partial charge in [-0.2, -0.15) is 0 Å². The second-order valence-corrected chi connectivity index (χ2v) is 8.89. The highest BCUT2D eigenvalue weighted by Crippen LogP contribution is 2.28. The number of pyridine rings is 1. The van der Waals surface area contributed by atoms with Crippen LogP contribution < -0.4 is 5.32 Å². The number of halogens is 1. The normalized spacial score (nSPS) is 21.4. The fourth-order valence-electron chi connectivity index (χ4n) is 5.02. The molecule has 8 heteroatoms. The van der Waals surface area contributed by atoms with Crippen molar-refractivity contribution in [1.82, 2.24) is 14.6 Å². The number of benzene rings is 1. The van der Waals surface area contributed by atoms with Crippen LogP contribution in [0.2, 0.25) is 0 Å². The minimum Gasteiger partial charge on any atom is -0.462 e. The number of hydrogen-bond acceptors (Lipinski definition) is 5. The van der Waals surface area contributed by atoms with Crippen LogP contribution in [-0.4, -0.2) is 59.2 Å². The van der Waals surface area contributed by atoms with Gasteiger partial charge in [-0.15, -0.1) is 0 Å². The molecule has 1 N–H and O–H groups in total. The van der Waals surface area contributed by atoms with E-state index in [9.17, 15) is 18.8 Å². The molecule has 0 saturated carbocycles. The van der Waals surface area contributed by atoms with Crippen molar-refractivity contribution in [1.29, 1.82) is 0 Å². The van der Waals surface area contributed by atoms with E-state index in [0.29, 0.717) is 22.6 Å². The van der Waals surface area contributed by atoms with Gasteiger partial charge in [0.15, 0.2) is 0 Å². The van der Waals surface area contributed by atoms with Gasteiger partial charge >= 0.3 is 5.97 Å². The monoisotopic (exact) mass is 463 g/mol. The quantitative estimate of drug-likeness (QED) is 0.448. The number of hydrogen-bond donors (Lipinski definition) is 1. The van der Waals surface area contributed by atoms with Gasteiger partial charge in [-0.25, -0.2) is 9.18 Å². The number of rotatable bonds is 6. The lowest BCUT2D eigenvalue weighted by molar-refractivity contribution is 0.0528. The summed E-state index contributed by atoms with van der Waals surface area (Å²) in [4.78, 5) is 41.2. The summed E-state index contributed by atoms with van der Waals surface area (Å²) in [5, 5.41) is 3.16. The molecule has 2 aromatic heterocycles. The second-order valence-electron chi connectivity index (χ2n) is 8.89. The SMILES string of the molecule is CCOC(=O)c1cc(C(=O)c2ccc(F)cc2)n2ccc(C(=O)N[C@H]3CN4CCC3CC4)cc12. The predicted molar refractivity (Wildman–Crippen MR) is 124 cm³/mol. The van der Waals surface area contributed by atoms with Crippen molar-refractivity contribution in [2.45, 2.75) is 25.8 Å². The van der Waals surface area contributed by atoms with Crippen molar-refractivity contribution in [3.05, 3.63) is 76.9 Å². The van der Waals surface area contributed by atoms with Crippen molar-refractivity contribution >= 4 is 23.2 Å². The third kappa shape index (κ3) is 4.09. The topological polar surface area (TPSA) is 80.1 Å². The van der Waals surface area contributed by atoms with Gasteiger partial charge in [-0.3, -0.25) is 9.59 Å². The van der Waals surface area contributed by atoms with E-state index in [4.69, 9.17) is 4.74 Å². The maximum absolute atomic E-state index is 13.3. The zero-order valence-corrected chi connectivity index (χ0v) is 18.9. The van der Waals surface area contributed by atoms with Gasteiger partial charge in [-0.05, 0) is 81.2 Å². The Morgan fingerprint density at radius 2 is 1.79 bits per heavy atom. The summed E-state index contributed by atoms with van der Waals surface area (Å²) >= 11 is 0. The van der Waals surface area contributed by atoms with E-state index in [0.717, 1.165) is 32.5 Å². The van der Waals surface area contributed by atoms with Crippen LogP contribution in [0.1, 0.15) is 56.5 Å². The smallest absolute Gasteiger partial charge is 0.340 e. The number of nitrogens with zero attached hydrogens (tertiary/aromatic N) is 2. The number of nitrogens with one attached hydrogen (secondary N) is 1. The standard InChI is InChI=1S/C26H26FN3O4/c1-2-34-26(33)20-14-23(24(31)17-3-5-19(27)6-4-17)30-12-9-18(13-22(20)30)25(32)28-21-15-29-10-7-16(21)8-11-29/h3-6,9,12-14,16,21H,2,7-8,10-11,15H2,1H3,(H,28,32)/t21-/m0/s1. The van der Waals surface area contributed by atoms with Gasteiger partial charge in [-0.1, -0.05) is 0 Å². The Balaban J connectivity index is 1.49. The van der Waals surface area contributed by atoms with E-state index < -0.39 is 11.8 Å². The molecule has 5 heterocycles. The Morgan fingerprint density at radius 3 is 2.44 bits per heavy atom. The number of fused-ring (bicyclic) bond motifs is 4. The van der Waals surface area contributed by atoms with Crippen molar-refractivity contribution in [2.24, 2.45) is 5.92 Å². The summed E-state index contributed by atoms with van der Waals surface area (Å²) < 4.78 is 20.1. The van der Waals surface area contributed by atoms with E-state index >= 15 is 0 Å². The lowest BCUT2D eigenvalue weighted by Crippen LogP contribution is -2.57. The molecule has 0 aliphatic carbocycles. The fourth-order valence-corrected chi connectivity index (χ4v) is 5.02. The van der Waals surface area contributed by atoms with E-state index in [1.165, 1.54) is 30.3 Å². The molecule has 6 rings (SSSR count). The molecule has 34 heavy (non-hydrogen) atoms. The van der Waals surface area contributed by atoms with Gasteiger partial charge in [0, 0.05) is 29.9 Å². The van der Waals surface area contributed by atoms with Crippen LogP contribution in [-0.2, 0) is 4.74 Å². The van der Waals surface area contributed by atoms with Crippen LogP contribution in [0, 0.1) is 11.7 Å². The first kappa shape index (κ1) is 22.3. The Bertz CT molecular complexity index is 1260. The number of aromatic nitrogens is 1. The molecule has 3 aliphatic rings. The first-order chi connectivity index (χ1) is 16.4. The lowest BCUT2D eigenvalue weighted by atomic mass is 9.84. The van der Waals surface area contributed by atoms with Crippen LogP contribution in [0.25, 0.3) is 5.52 Å². The summed E-state index contributed by atoms with van der Waals surface area (Å²) in [6.45, 7) is 4.90. The molecule has 176 valence electrons. The molecule has 7 nitrogen and oxygen atoms in total. The summed E-state index contributed by atoms with van der Waals surface area (Å²) in [7, 11) is 0. The Hall–Kier alpha value is -3.52. The Kier molecular flexibility index (Phi) is 5.91. The molecule has 0 unspecified atom stereocenters. The zero-order valence-electron chi connectivity index (χ0n) is 18.9. The number of amides is 1. The number of carbonyl (C=O) groups is 3. The van der Waals surface area contributed by atoms with Crippen LogP contribution in [0.4, 0.5) is 4.39 Å². The molecular formula is C26H26FN3O4. The molecule has 2 bridgehead atoms. The Labute approximate surface area is 196 Å². The average Bonchev–Trinajstić information content (AvgIpc) is 3.24. The minimum absolute atomic E-state index is 0.109. The van der Waals surface area contributed by atoms with Gasteiger partial charge in [0.2, 0.25) is 5.78 Å². The van der Waals surface area contributed by atoms with Gasteiger partial charge in [0.05, 0.1) is 23.4 Å². The molecule has 0 spiro atoms. The molecule has 1 amide bonds. The van der Waals surface area contributed by atoms with E-state index in [1.807, 2.05) is 0 Å². The van der Waals surface area contributed by atoms with Crippen LogP contribution in [0.15, 0.2) is 48.7 Å². The second kappa shape index (κ2) is 9.02. The average molecular weight is 464 g/mol. The van der Waals surface area contributed by atoms with E-state index in [2.05, 4.69) is 10.2 Å². The highest BCUT2D eigenvalue weighted by molar-refractivity contribution is 6.11. The predicted octanol–water partition coefficient (Wildman–Crippen LogP) is 3.31. The molecule has 3 aliphatic heterocycles. The Morgan fingerprint density at radius 1 is 1.06 bits per heavy atom. The van der Waals surface area contributed by atoms with Crippen molar-refractivity contribution < 1.29 is 23.5 Å². The van der Waals surface area contributed by atoms with Crippen LogP contribution in [0.5, 0.6) is 0 Å². The third-order valence-electron chi connectivity index (χ3n) is 6.84. The number of ether oxygens (including phenoxy) is 1. The molecule has 3 fully saturated rings. The maximum atomic E-state index is 13.3. The van der Waals surface area contributed by atoms with Gasteiger partial charge in [0.25, 0.3) is 5.91 Å². The summed E-state index contributed by atoms with van der Waals surface area (Å²) in [5.74, 6) is -1.10. The highest BCUT2D eigenvalue weighted by Gasteiger charge is 2.35. The number of esters is 1. The van der Waals surface area contributed by atoms with E-state index in [-0.39, 0.29) is 35.6 Å². The molecule has 1 aromatic carbocycles. The van der Waals surface area contributed by atoms with Crippen LogP contribution >= 0.6 is 0 Å². The van der Waals surface area contributed by atoms with Crippen molar-refractivity contribution in [3.8, 4) is 0 Å². The number of ketones is 1. The minimum atomic E-state index is -0.576. The van der Waals surface area contributed by atoms with E-state index in [1.54, 1.807) is 29.7 Å². The first-order valence-corrected chi connectivity index (χ1v) is 11.6. The largest absolute Gasteiger partial charge is 0.462 e. The van der Waals surface area contributed by atoms with Gasteiger partial charge < -0.3 is 19.4 Å². The molecule has 3 aromatic rings. The number of piperidine rings is 3. The molecule has 3 saturated heterocycles. The summed E-state index contributed by atoms with van der Waals surface area (Å²) in [5.41, 5.74) is 1.54. The third-order valence-corrected chi connectivity index (χ3v) is 6.84. The van der Waals surface area contributed by atoms with Crippen molar-refractivity contribution in [2.75, 3.05) is 26.2 Å². The first-order valence-electron chi connectivity index (χ1n) is 11.6. The highest BCUT2D eigenvalue weighted by atomic mass is 19.1. The number of carbonyl (C=O) groups excluding carboxylic acids is 3. The van der Waals surface area contributed by atoms with Crippen LogP contribution in [0.3, 0.4) is 0 Å². The lowest BCUT2D eigenvalue weighted by Gasteiger charge is -2.44. The molecule has 1 atom stereocenters.